The van der Waals surface area contributed by atoms with Crippen LogP contribution in [0.1, 0.15) is 32.8 Å². The number of nitrogens with zero attached hydrogens (tertiary/aromatic N) is 2. The SMILES string of the molecule is Cc1ccc(Cn2cc(C(=O)NCC(=O)NCc3ccco3)c(-c3ccc(C)cc3)n2)cc1. The van der Waals surface area contributed by atoms with Crippen molar-refractivity contribution in [3.63, 3.8) is 0 Å². The minimum atomic E-state index is -0.353. The number of amides is 2. The van der Waals surface area contributed by atoms with Crippen molar-refractivity contribution in [2.45, 2.75) is 26.9 Å². The molecule has 7 nitrogen and oxygen atoms in total. The summed E-state index contributed by atoms with van der Waals surface area (Å²) in [5.41, 5.74) is 5.24. The molecule has 0 aliphatic rings. The van der Waals surface area contributed by atoms with Crippen molar-refractivity contribution < 1.29 is 14.0 Å². The van der Waals surface area contributed by atoms with Gasteiger partial charge in [-0.2, -0.15) is 5.10 Å². The summed E-state index contributed by atoms with van der Waals surface area (Å²) in [7, 11) is 0. The van der Waals surface area contributed by atoms with Gasteiger partial charge in [-0.3, -0.25) is 14.3 Å². The zero-order chi connectivity index (χ0) is 23.2. The molecular weight excluding hydrogens is 416 g/mol. The molecule has 0 unspecified atom stereocenters. The number of benzene rings is 2. The average Bonchev–Trinajstić information content (AvgIpc) is 3.48. The van der Waals surface area contributed by atoms with Crippen LogP contribution in [0.4, 0.5) is 0 Å². The molecule has 0 saturated heterocycles. The van der Waals surface area contributed by atoms with Crippen molar-refractivity contribution in [3.05, 3.63) is 101 Å². The van der Waals surface area contributed by atoms with Crippen molar-refractivity contribution in [1.29, 1.82) is 0 Å². The molecule has 2 amide bonds. The van der Waals surface area contributed by atoms with Gasteiger partial charge in [-0.25, -0.2) is 0 Å². The summed E-state index contributed by atoms with van der Waals surface area (Å²) in [6.45, 7) is 4.71. The van der Waals surface area contributed by atoms with Gasteiger partial charge in [0, 0.05) is 11.8 Å². The van der Waals surface area contributed by atoms with Crippen LogP contribution < -0.4 is 10.6 Å². The van der Waals surface area contributed by atoms with Crippen LogP contribution in [0.25, 0.3) is 11.3 Å². The fourth-order valence-electron chi connectivity index (χ4n) is 3.39. The first kappa shape index (κ1) is 22.1. The molecule has 7 heteroatoms. The van der Waals surface area contributed by atoms with E-state index in [1.807, 2.05) is 50.2 Å². The van der Waals surface area contributed by atoms with Crippen molar-refractivity contribution in [3.8, 4) is 11.3 Å². The van der Waals surface area contributed by atoms with Gasteiger partial charge >= 0.3 is 0 Å². The van der Waals surface area contributed by atoms with Crippen molar-refractivity contribution >= 4 is 11.8 Å². The maximum absolute atomic E-state index is 13.0. The van der Waals surface area contributed by atoms with E-state index in [2.05, 4.69) is 27.9 Å². The number of aryl methyl sites for hydroxylation is 2. The average molecular weight is 443 g/mol. The van der Waals surface area contributed by atoms with Gasteiger partial charge < -0.3 is 15.1 Å². The van der Waals surface area contributed by atoms with Gasteiger partial charge in [-0.15, -0.1) is 0 Å². The van der Waals surface area contributed by atoms with E-state index in [1.165, 1.54) is 5.56 Å². The molecule has 0 atom stereocenters. The zero-order valence-corrected chi connectivity index (χ0v) is 18.7. The Hall–Kier alpha value is -4.13. The predicted octanol–water partition coefficient (Wildman–Crippen LogP) is 3.85. The maximum Gasteiger partial charge on any atom is 0.255 e. The number of carbonyl (C=O) groups excluding carboxylic acids is 2. The fourth-order valence-corrected chi connectivity index (χ4v) is 3.39. The summed E-state index contributed by atoms with van der Waals surface area (Å²) in [6.07, 6.45) is 3.27. The Morgan fingerprint density at radius 3 is 2.30 bits per heavy atom. The number of aromatic nitrogens is 2. The Morgan fingerprint density at radius 2 is 1.64 bits per heavy atom. The third-order valence-corrected chi connectivity index (χ3v) is 5.25. The molecule has 2 aromatic carbocycles. The molecule has 0 spiro atoms. The molecule has 0 bridgehead atoms. The highest BCUT2D eigenvalue weighted by atomic mass is 16.3. The Bertz CT molecular complexity index is 1220. The van der Waals surface area contributed by atoms with Crippen LogP contribution in [0.2, 0.25) is 0 Å². The van der Waals surface area contributed by atoms with Crippen LogP contribution in [-0.4, -0.2) is 28.1 Å². The van der Waals surface area contributed by atoms with Gasteiger partial charge in [0.15, 0.2) is 0 Å². The zero-order valence-electron chi connectivity index (χ0n) is 18.7. The van der Waals surface area contributed by atoms with Crippen LogP contribution in [0.5, 0.6) is 0 Å². The normalized spacial score (nSPS) is 10.7. The van der Waals surface area contributed by atoms with E-state index in [0.717, 1.165) is 16.7 Å². The lowest BCUT2D eigenvalue weighted by Gasteiger charge is -2.06. The van der Waals surface area contributed by atoms with Crippen LogP contribution in [0.15, 0.2) is 77.5 Å². The summed E-state index contributed by atoms with van der Waals surface area (Å²) in [4.78, 5) is 25.1. The number of hydrogen-bond acceptors (Lipinski definition) is 4. The number of rotatable bonds is 8. The Morgan fingerprint density at radius 1 is 0.939 bits per heavy atom. The lowest BCUT2D eigenvalue weighted by atomic mass is 10.1. The molecule has 2 N–H and O–H groups in total. The second-order valence-corrected chi connectivity index (χ2v) is 7.98. The van der Waals surface area contributed by atoms with Crippen molar-refractivity contribution in [1.82, 2.24) is 20.4 Å². The molecule has 4 aromatic rings. The molecule has 0 aliphatic carbocycles. The van der Waals surface area contributed by atoms with Crippen molar-refractivity contribution in [2.75, 3.05) is 6.54 Å². The standard InChI is InChI=1S/C26H26N4O3/c1-18-5-9-20(10-6-18)16-30-17-23(25(29-30)21-11-7-19(2)8-12-21)26(32)28-15-24(31)27-14-22-4-3-13-33-22/h3-13,17H,14-16H2,1-2H3,(H,27,31)(H,28,32). The monoisotopic (exact) mass is 442 g/mol. The highest BCUT2D eigenvalue weighted by Crippen LogP contribution is 2.23. The molecule has 0 radical (unpaired) electrons. The predicted molar refractivity (Wildman–Crippen MR) is 126 cm³/mol. The first-order chi connectivity index (χ1) is 16.0. The molecule has 2 heterocycles. The second-order valence-electron chi connectivity index (χ2n) is 7.98. The molecule has 0 fully saturated rings. The summed E-state index contributed by atoms with van der Waals surface area (Å²) in [6, 6.07) is 19.6. The highest BCUT2D eigenvalue weighted by molar-refractivity contribution is 6.01. The lowest BCUT2D eigenvalue weighted by Crippen LogP contribution is -2.36. The molecule has 4 rings (SSSR count). The van der Waals surface area contributed by atoms with Gasteiger partial charge in [0.05, 0.1) is 31.5 Å². The number of furan rings is 1. The maximum atomic E-state index is 13.0. The lowest BCUT2D eigenvalue weighted by molar-refractivity contribution is -0.120. The minimum absolute atomic E-state index is 0.143. The minimum Gasteiger partial charge on any atom is -0.467 e. The third-order valence-electron chi connectivity index (χ3n) is 5.25. The quantitative estimate of drug-likeness (QED) is 0.434. The fraction of sp³-hybridized carbons (Fsp3) is 0.192. The van der Waals surface area contributed by atoms with E-state index in [1.54, 1.807) is 29.3 Å². The van der Waals surface area contributed by atoms with E-state index in [4.69, 9.17) is 4.42 Å². The van der Waals surface area contributed by atoms with E-state index < -0.39 is 0 Å². The van der Waals surface area contributed by atoms with Crippen molar-refractivity contribution in [2.24, 2.45) is 0 Å². The smallest absolute Gasteiger partial charge is 0.255 e. The molecule has 168 valence electrons. The molecular formula is C26H26N4O3. The highest BCUT2D eigenvalue weighted by Gasteiger charge is 2.19. The van der Waals surface area contributed by atoms with Gasteiger partial charge in [0.25, 0.3) is 5.91 Å². The van der Waals surface area contributed by atoms with Gasteiger partial charge in [0.1, 0.15) is 11.5 Å². The van der Waals surface area contributed by atoms with Crippen LogP contribution in [0, 0.1) is 13.8 Å². The number of carbonyl (C=O) groups is 2. The largest absolute Gasteiger partial charge is 0.467 e. The van der Waals surface area contributed by atoms with E-state index in [0.29, 0.717) is 23.6 Å². The summed E-state index contributed by atoms with van der Waals surface area (Å²) < 4.78 is 6.95. The third kappa shape index (κ3) is 5.77. The van der Waals surface area contributed by atoms with E-state index >= 15 is 0 Å². The van der Waals surface area contributed by atoms with Gasteiger partial charge in [0.2, 0.25) is 5.91 Å². The van der Waals surface area contributed by atoms with E-state index in [9.17, 15) is 9.59 Å². The molecule has 0 saturated carbocycles. The van der Waals surface area contributed by atoms with Crippen LogP contribution in [0.3, 0.4) is 0 Å². The summed E-state index contributed by atoms with van der Waals surface area (Å²) in [5.74, 6) is -0.00808. The Kier molecular flexibility index (Phi) is 6.69. The number of hydrogen-bond donors (Lipinski definition) is 2. The first-order valence-electron chi connectivity index (χ1n) is 10.8. The van der Waals surface area contributed by atoms with Crippen LogP contribution in [-0.2, 0) is 17.9 Å². The first-order valence-corrected chi connectivity index (χ1v) is 10.8. The topological polar surface area (TPSA) is 89.2 Å². The Labute approximate surface area is 192 Å². The van der Waals surface area contributed by atoms with Gasteiger partial charge in [-0.1, -0.05) is 59.7 Å². The summed E-state index contributed by atoms with van der Waals surface area (Å²) >= 11 is 0. The number of nitrogens with one attached hydrogen (secondary N) is 2. The second kappa shape index (κ2) is 9.99. The molecule has 33 heavy (non-hydrogen) atoms. The van der Waals surface area contributed by atoms with E-state index in [-0.39, 0.29) is 24.9 Å². The van der Waals surface area contributed by atoms with Crippen LogP contribution >= 0.6 is 0 Å². The molecule has 2 aromatic heterocycles. The van der Waals surface area contributed by atoms with Gasteiger partial charge in [-0.05, 0) is 31.5 Å². The summed E-state index contributed by atoms with van der Waals surface area (Å²) in [5, 5.41) is 10.1. The molecule has 0 aliphatic heterocycles. The Balaban J connectivity index is 1.49.